The summed E-state index contributed by atoms with van der Waals surface area (Å²) in [5.41, 5.74) is 1.38. The number of methoxy groups -OCH3 is 1. The van der Waals surface area contributed by atoms with Crippen LogP contribution in [0.3, 0.4) is 0 Å². The van der Waals surface area contributed by atoms with Crippen LogP contribution in [0.25, 0.3) is 0 Å². The summed E-state index contributed by atoms with van der Waals surface area (Å²) >= 11 is 0. The van der Waals surface area contributed by atoms with E-state index in [-0.39, 0.29) is 0 Å². The van der Waals surface area contributed by atoms with Crippen molar-refractivity contribution in [3.05, 3.63) is 54.1 Å². The highest BCUT2D eigenvalue weighted by Crippen LogP contribution is 2.16. The Balaban J connectivity index is 1.51. The molecule has 1 aromatic rings. The number of hydrogen-bond acceptors (Lipinski definition) is 3. The van der Waals surface area contributed by atoms with Crippen LogP contribution < -0.4 is 10.1 Å². The lowest BCUT2D eigenvalue weighted by molar-refractivity contribution is 0.183. The summed E-state index contributed by atoms with van der Waals surface area (Å²) in [6.07, 6.45) is 11.2. The SMILES string of the molecule is COc1ccc(C[C@@H]2CN(CC3C=CC=CC3)CCN2)cc1. The molecule has 22 heavy (non-hydrogen) atoms. The second kappa shape index (κ2) is 7.61. The first kappa shape index (κ1) is 15.3. The fourth-order valence-electron chi connectivity index (χ4n) is 3.34. The second-order valence-electron chi connectivity index (χ2n) is 6.27. The fraction of sp³-hybridized carbons (Fsp3) is 0.474. The van der Waals surface area contributed by atoms with E-state index in [1.807, 2.05) is 0 Å². The van der Waals surface area contributed by atoms with Gasteiger partial charge in [-0.1, -0.05) is 36.4 Å². The van der Waals surface area contributed by atoms with Crippen molar-refractivity contribution >= 4 is 0 Å². The van der Waals surface area contributed by atoms with Gasteiger partial charge in [0.25, 0.3) is 0 Å². The van der Waals surface area contributed by atoms with Crippen LogP contribution >= 0.6 is 0 Å². The Hall–Kier alpha value is -1.58. The van der Waals surface area contributed by atoms with Gasteiger partial charge in [-0.3, -0.25) is 4.90 Å². The van der Waals surface area contributed by atoms with Crippen molar-refractivity contribution in [2.75, 3.05) is 33.3 Å². The van der Waals surface area contributed by atoms with Gasteiger partial charge in [-0.2, -0.15) is 0 Å². The summed E-state index contributed by atoms with van der Waals surface area (Å²) in [5.74, 6) is 1.61. The van der Waals surface area contributed by atoms with Gasteiger partial charge in [0, 0.05) is 32.2 Å². The maximum atomic E-state index is 5.22. The zero-order valence-electron chi connectivity index (χ0n) is 13.4. The molecule has 118 valence electrons. The molecule has 1 aromatic carbocycles. The third-order valence-electron chi connectivity index (χ3n) is 4.54. The lowest BCUT2D eigenvalue weighted by Gasteiger charge is -2.35. The molecule has 3 heteroatoms. The Labute approximate surface area is 133 Å². The number of nitrogens with one attached hydrogen (secondary N) is 1. The summed E-state index contributed by atoms with van der Waals surface area (Å²) in [6, 6.07) is 9.00. The van der Waals surface area contributed by atoms with E-state index in [0.717, 1.165) is 31.8 Å². The van der Waals surface area contributed by atoms with Crippen molar-refractivity contribution in [3.63, 3.8) is 0 Å². The molecule has 0 saturated carbocycles. The van der Waals surface area contributed by atoms with Crippen LogP contribution in [-0.4, -0.2) is 44.2 Å². The number of rotatable bonds is 5. The van der Waals surface area contributed by atoms with E-state index in [4.69, 9.17) is 4.74 Å². The van der Waals surface area contributed by atoms with Crippen molar-refractivity contribution in [1.29, 1.82) is 0 Å². The van der Waals surface area contributed by atoms with E-state index in [0.29, 0.717) is 12.0 Å². The summed E-state index contributed by atoms with van der Waals surface area (Å²) in [4.78, 5) is 2.61. The average molecular weight is 298 g/mol. The fourth-order valence-corrected chi connectivity index (χ4v) is 3.34. The first-order valence-corrected chi connectivity index (χ1v) is 8.25. The highest BCUT2D eigenvalue weighted by molar-refractivity contribution is 5.27. The lowest BCUT2D eigenvalue weighted by Crippen LogP contribution is -2.52. The van der Waals surface area contributed by atoms with Crippen molar-refractivity contribution in [2.45, 2.75) is 18.9 Å². The Morgan fingerprint density at radius 2 is 2.09 bits per heavy atom. The van der Waals surface area contributed by atoms with Crippen LogP contribution in [0, 0.1) is 5.92 Å². The molecule has 3 rings (SSSR count). The monoisotopic (exact) mass is 298 g/mol. The molecule has 2 atom stereocenters. The minimum atomic E-state index is 0.547. The molecule has 0 aromatic heterocycles. The molecule has 1 heterocycles. The first-order valence-electron chi connectivity index (χ1n) is 8.25. The van der Waals surface area contributed by atoms with Gasteiger partial charge >= 0.3 is 0 Å². The zero-order valence-corrected chi connectivity index (χ0v) is 13.4. The minimum absolute atomic E-state index is 0.547. The van der Waals surface area contributed by atoms with E-state index in [1.165, 1.54) is 18.5 Å². The molecule has 1 unspecified atom stereocenters. The molecule has 0 spiro atoms. The second-order valence-corrected chi connectivity index (χ2v) is 6.27. The van der Waals surface area contributed by atoms with Crippen LogP contribution in [-0.2, 0) is 6.42 Å². The summed E-state index contributed by atoms with van der Waals surface area (Å²) < 4.78 is 5.22. The predicted molar refractivity (Wildman–Crippen MR) is 91.3 cm³/mol. The molecule has 0 bridgehead atoms. The molecular formula is C19H26N2O. The van der Waals surface area contributed by atoms with Crippen LogP contribution in [0.1, 0.15) is 12.0 Å². The van der Waals surface area contributed by atoms with E-state index in [2.05, 4.69) is 58.8 Å². The molecule has 1 saturated heterocycles. The minimum Gasteiger partial charge on any atom is -0.497 e. The lowest BCUT2D eigenvalue weighted by atomic mass is 9.98. The number of piperazine rings is 1. The van der Waals surface area contributed by atoms with Crippen LogP contribution in [0.15, 0.2) is 48.6 Å². The molecule has 1 aliphatic carbocycles. The van der Waals surface area contributed by atoms with Gasteiger partial charge in [0.2, 0.25) is 0 Å². The maximum absolute atomic E-state index is 5.22. The number of benzene rings is 1. The summed E-state index contributed by atoms with van der Waals surface area (Å²) in [5, 5.41) is 3.66. The Morgan fingerprint density at radius 3 is 2.82 bits per heavy atom. The predicted octanol–water partition coefficient (Wildman–Crippen LogP) is 2.64. The van der Waals surface area contributed by atoms with Crippen molar-refractivity contribution in [1.82, 2.24) is 10.2 Å². The summed E-state index contributed by atoms with van der Waals surface area (Å²) in [7, 11) is 1.71. The largest absolute Gasteiger partial charge is 0.497 e. The molecule has 2 aliphatic rings. The van der Waals surface area contributed by atoms with E-state index < -0.39 is 0 Å². The van der Waals surface area contributed by atoms with Gasteiger partial charge < -0.3 is 10.1 Å². The zero-order chi connectivity index (χ0) is 15.2. The quantitative estimate of drug-likeness (QED) is 0.904. The maximum Gasteiger partial charge on any atom is 0.118 e. The highest BCUT2D eigenvalue weighted by atomic mass is 16.5. The number of allylic oxidation sites excluding steroid dienone is 3. The normalized spacial score (nSPS) is 25.3. The molecule has 0 amide bonds. The first-order chi connectivity index (χ1) is 10.8. The third kappa shape index (κ3) is 4.21. The molecular weight excluding hydrogens is 272 g/mol. The molecule has 3 nitrogen and oxygen atoms in total. The standard InChI is InChI=1S/C19H26N2O/c1-22-19-9-7-16(8-10-19)13-18-15-21(12-11-20-18)14-17-5-3-2-4-6-17/h2-5,7-10,17-18,20H,6,11-15H2,1H3/t17?,18-/m1/s1. The molecule has 1 fully saturated rings. The summed E-state index contributed by atoms with van der Waals surface area (Å²) in [6.45, 7) is 4.57. The van der Waals surface area contributed by atoms with Crippen LogP contribution in [0.5, 0.6) is 5.75 Å². The van der Waals surface area contributed by atoms with E-state index in [9.17, 15) is 0 Å². The number of nitrogens with zero attached hydrogens (tertiary/aromatic N) is 1. The Bertz CT molecular complexity index is 521. The average Bonchev–Trinajstić information content (AvgIpc) is 2.57. The molecule has 0 radical (unpaired) electrons. The number of ether oxygens (including phenoxy) is 1. The van der Waals surface area contributed by atoms with Crippen molar-refractivity contribution in [2.24, 2.45) is 5.92 Å². The van der Waals surface area contributed by atoms with Gasteiger partial charge in [0.1, 0.15) is 5.75 Å². The Morgan fingerprint density at radius 1 is 1.23 bits per heavy atom. The topological polar surface area (TPSA) is 24.5 Å². The van der Waals surface area contributed by atoms with E-state index in [1.54, 1.807) is 7.11 Å². The Kier molecular flexibility index (Phi) is 5.30. The number of hydrogen-bond donors (Lipinski definition) is 1. The van der Waals surface area contributed by atoms with E-state index >= 15 is 0 Å². The van der Waals surface area contributed by atoms with Crippen molar-refractivity contribution in [3.8, 4) is 5.75 Å². The van der Waals surface area contributed by atoms with Gasteiger partial charge in [-0.25, -0.2) is 0 Å². The van der Waals surface area contributed by atoms with Crippen LogP contribution in [0.4, 0.5) is 0 Å². The van der Waals surface area contributed by atoms with Gasteiger partial charge in [0.15, 0.2) is 0 Å². The molecule has 1 N–H and O–H groups in total. The van der Waals surface area contributed by atoms with Gasteiger partial charge in [0.05, 0.1) is 7.11 Å². The van der Waals surface area contributed by atoms with Gasteiger partial charge in [-0.15, -0.1) is 0 Å². The van der Waals surface area contributed by atoms with Crippen LogP contribution in [0.2, 0.25) is 0 Å². The molecule has 1 aliphatic heterocycles. The van der Waals surface area contributed by atoms with Crippen molar-refractivity contribution < 1.29 is 4.74 Å². The smallest absolute Gasteiger partial charge is 0.118 e. The van der Waals surface area contributed by atoms with Gasteiger partial charge in [-0.05, 0) is 36.5 Å². The third-order valence-corrected chi connectivity index (χ3v) is 4.54. The highest BCUT2D eigenvalue weighted by Gasteiger charge is 2.21.